The van der Waals surface area contributed by atoms with E-state index in [1.165, 1.54) is 19.2 Å². The average Bonchev–Trinajstić information content (AvgIpc) is 2.94. The van der Waals surface area contributed by atoms with Crippen molar-refractivity contribution in [2.24, 2.45) is 0 Å². The third-order valence-corrected chi connectivity index (χ3v) is 3.59. The predicted octanol–water partition coefficient (Wildman–Crippen LogP) is 3.19. The zero-order valence-electron chi connectivity index (χ0n) is 11.7. The SMILES string of the molecule is COc1ccc(CC(=O)c2ccc3c(c2)CCO3)cc1F. The van der Waals surface area contributed by atoms with Crippen LogP contribution in [0, 0.1) is 5.82 Å². The fourth-order valence-corrected chi connectivity index (χ4v) is 2.47. The number of fused-ring (bicyclic) bond motifs is 1. The molecule has 0 amide bonds. The maximum absolute atomic E-state index is 13.6. The fourth-order valence-electron chi connectivity index (χ4n) is 2.47. The van der Waals surface area contributed by atoms with Gasteiger partial charge in [-0.25, -0.2) is 4.39 Å². The summed E-state index contributed by atoms with van der Waals surface area (Å²) in [5.74, 6) is 0.544. The normalized spacial score (nSPS) is 12.7. The van der Waals surface area contributed by atoms with E-state index in [1.54, 1.807) is 12.1 Å². The Kier molecular flexibility index (Phi) is 3.60. The summed E-state index contributed by atoms with van der Waals surface area (Å²) in [5, 5.41) is 0. The minimum atomic E-state index is -0.454. The summed E-state index contributed by atoms with van der Waals surface area (Å²) >= 11 is 0. The molecule has 4 heteroatoms. The molecule has 1 aliphatic heterocycles. The van der Waals surface area contributed by atoms with E-state index in [0.717, 1.165) is 17.7 Å². The van der Waals surface area contributed by atoms with E-state index in [9.17, 15) is 9.18 Å². The van der Waals surface area contributed by atoms with E-state index in [2.05, 4.69) is 0 Å². The van der Waals surface area contributed by atoms with E-state index in [1.807, 2.05) is 12.1 Å². The molecule has 0 spiro atoms. The van der Waals surface area contributed by atoms with Crippen molar-refractivity contribution in [3.05, 3.63) is 58.9 Å². The molecule has 3 rings (SSSR count). The van der Waals surface area contributed by atoms with Gasteiger partial charge < -0.3 is 9.47 Å². The zero-order chi connectivity index (χ0) is 14.8. The third-order valence-electron chi connectivity index (χ3n) is 3.59. The van der Waals surface area contributed by atoms with Crippen molar-refractivity contribution in [1.82, 2.24) is 0 Å². The highest BCUT2D eigenvalue weighted by Crippen LogP contribution is 2.26. The van der Waals surface area contributed by atoms with Gasteiger partial charge in [0.1, 0.15) is 5.75 Å². The van der Waals surface area contributed by atoms with Crippen LogP contribution in [0.3, 0.4) is 0 Å². The van der Waals surface area contributed by atoms with Gasteiger partial charge >= 0.3 is 0 Å². The van der Waals surface area contributed by atoms with Gasteiger partial charge in [0.25, 0.3) is 0 Å². The van der Waals surface area contributed by atoms with Gasteiger partial charge in [-0.2, -0.15) is 0 Å². The maximum atomic E-state index is 13.6. The van der Waals surface area contributed by atoms with Crippen LogP contribution >= 0.6 is 0 Å². The van der Waals surface area contributed by atoms with Gasteiger partial charge in [0.05, 0.1) is 13.7 Å². The topological polar surface area (TPSA) is 35.5 Å². The molecular formula is C17H15FO3. The van der Waals surface area contributed by atoms with Crippen LogP contribution in [0.2, 0.25) is 0 Å². The highest BCUT2D eigenvalue weighted by molar-refractivity contribution is 5.97. The number of benzene rings is 2. The second-order valence-electron chi connectivity index (χ2n) is 4.99. The molecule has 0 radical (unpaired) electrons. The highest BCUT2D eigenvalue weighted by atomic mass is 19.1. The number of rotatable bonds is 4. The molecule has 2 aromatic carbocycles. The lowest BCUT2D eigenvalue weighted by Gasteiger charge is -2.06. The Morgan fingerprint density at radius 3 is 2.90 bits per heavy atom. The molecule has 108 valence electrons. The van der Waals surface area contributed by atoms with Crippen LogP contribution in [0.4, 0.5) is 4.39 Å². The molecular weight excluding hydrogens is 271 g/mol. The maximum Gasteiger partial charge on any atom is 0.167 e. The van der Waals surface area contributed by atoms with Crippen molar-refractivity contribution < 1.29 is 18.7 Å². The number of halogens is 1. The molecule has 0 aromatic heterocycles. The number of hydrogen-bond donors (Lipinski definition) is 0. The summed E-state index contributed by atoms with van der Waals surface area (Å²) in [5.41, 5.74) is 2.33. The number of ketones is 1. The Bertz CT molecular complexity index is 694. The van der Waals surface area contributed by atoms with E-state index in [-0.39, 0.29) is 18.0 Å². The number of carbonyl (C=O) groups is 1. The predicted molar refractivity (Wildman–Crippen MR) is 76.6 cm³/mol. The lowest BCUT2D eigenvalue weighted by molar-refractivity contribution is 0.0993. The molecule has 1 aliphatic rings. The second kappa shape index (κ2) is 5.56. The van der Waals surface area contributed by atoms with Crippen LogP contribution in [0.15, 0.2) is 36.4 Å². The Hall–Kier alpha value is -2.36. The van der Waals surface area contributed by atoms with Crippen LogP contribution in [0.1, 0.15) is 21.5 Å². The summed E-state index contributed by atoms with van der Waals surface area (Å²) in [4.78, 5) is 12.3. The zero-order valence-corrected chi connectivity index (χ0v) is 11.7. The molecule has 0 atom stereocenters. The fraction of sp³-hybridized carbons (Fsp3) is 0.235. The van der Waals surface area contributed by atoms with Crippen molar-refractivity contribution in [3.63, 3.8) is 0 Å². The second-order valence-corrected chi connectivity index (χ2v) is 4.99. The molecule has 0 unspecified atom stereocenters. The van der Waals surface area contributed by atoms with Gasteiger partial charge in [0, 0.05) is 18.4 Å². The van der Waals surface area contributed by atoms with Gasteiger partial charge in [-0.15, -0.1) is 0 Å². The molecule has 0 fully saturated rings. The van der Waals surface area contributed by atoms with Crippen molar-refractivity contribution in [2.75, 3.05) is 13.7 Å². The minimum Gasteiger partial charge on any atom is -0.494 e. The average molecular weight is 286 g/mol. The standard InChI is InChI=1S/C17H15FO3/c1-20-17-4-2-11(8-14(17)18)9-15(19)12-3-5-16-13(10-12)6-7-21-16/h2-5,8,10H,6-7,9H2,1H3. The minimum absolute atomic E-state index is 0.0331. The Labute approximate surface area is 122 Å². The lowest BCUT2D eigenvalue weighted by atomic mass is 10.0. The van der Waals surface area contributed by atoms with Crippen LogP contribution in [-0.4, -0.2) is 19.5 Å². The number of methoxy groups -OCH3 is 1. The Morgan fingerprint density at radius 1 is 1.29 bits per heavy atom. The van der Waals surface area contributed by atoms with Gasteiger partial charge in [-0.1, -0.05) is 6.07 Å². The number of ether oxygens (including phenoxy) is 2. The van der Waals surface area contributed by atoms with Gasteiger partial charge in [-0.3, -0.25) is 4.79 Å². The van der Waals surface area contributed by atoms with Crippen molar-refractivity contribution in [1.29, 1.82) is 0 Å². The van der Waals surface area contributed by atoms with Gasteiger partial charge in [0.2, 0.25) is 0 Å². The van der Waals surface area contributed by atoms with Crippen molar-refractivity contribution in [3.8, 4) is 11.5 Å². The quantitative estimate of drug-likeness (QED) is 0.810. The first-order valence-corrected chi connectivity index (χ1v) is 6.79. The molecule has 0 saturated heterocycles. The molecule has 0 saturated carbocycles. The summed E-state index contributed by atoms with van der Waals surface area (Å²) in [6.07, 6.45) is 0.994. The van der Waals surface area contributed by atoms with Crippen molar-refractivity contribution >= 4 is 5.78 Å². The first kappa shape index (κ1) is 13.6. The molecule has 3 nitrogen and oxygen atoms in total. The lowest BCUT2D eigenvalue weighted by Crippen LogP contribution is -2.04. The molecule has 2 aromatic rings. The highest BCUT2D eigenvalue weighted by Gasteiger charge is 2.15. The Morgan fingerprint density at radius 2 is 2.14 bits per heavy atom. The molecule has 1 heterocycles. The van der Waals surface area contributed by atoms with E-state index < -0.39 is 5.82 Å². The van der Waals surface area contributed by atoms with Crippen LogP contribution in [0.5, 0.6) is 11.5 Å². The van der Waals surface area contributed by atoms with Crippen LogP contribution in [0.25, 0.3) is 0 Å². The summed E-state index contributed by atoms with van der Waals surface area (Å²) < 4.78 is 23.9. The molecule has 0 aliphatic carbocycles. The van der Waals surface area contributed by atoms with E-state index >= 15 is 0 Å². The smallest absolute Gasteiger partial charge is 0.167 e. The third kappa shape index (κ3) is 2.75. The summed E-state index contributed by atoms with van der Waals surface area (Å²) in [7, 11) is 1.41. The number of Topliss-reactive ketones (excluding diaryl/α,β-unsaturated/α-hetero) is 1. The molecule has 0 bridgehead atoms. The first-order valence-electron chi connectivity index (χ1n) is 6.79. The van der Waals surface area contributed by atoms with E-state index in [0.29, 0.717) is 17.7 Å². The first-order chi connectivity index (χ1) is 10.2. The summed E-state index contributed by atoms with van der Waals surface area (Å²) in [6.45, 7) is 0.663. The van der Waals surface area contributed by atoms with Gasteiger partial charge in [-0.05, 0) is 41.5 Å². The summed E-state index contributed by atoms with van der Waals surface area (Å²) in [6, 6.07) is 10.0. The molecule has 21 heavy (non-hydrogen) atoms. The van der Waals surface area contributed by atoms with Crippen molar-refractivity contribution in [2.45, 2.75) is 12.8 Å². The van der Waals surface area contributed by atoms with Crippen LogP contribution < -0.4 is 9.47 Å². The molecule has 0 N–H and O–H groups in total. The Balaban J connectivity index is 1.78. The largest absolute Gasteiger partial charge is 0.494 e. The van der Waals surface area contributed by atoms with Gasteiger partial charge in [0.15, 0.2) is 17.3 Å². The van der Waals surface area contributed by atoms with Crippen LogP contribution in [-0.2, 0) is 12.8 Å². The monoisotopic (exact) mass is 286 g/mol. The van der Waals surface area contributed by atoms with E-state index in [4.69, 9.17) is 9.47 Å². The number of hydrogen-bond acceptors (Lipinski definition) is 3. The number of carbonyl (C=O) groups excluding carboxylic acids is 1.